The van der Waals surface area contributed by atoms with Crippen molar-refractivity contribution in [2.24, 2.45) is 0 Å². The average Bonchev–Trinajstić information content (AvgIpc) is 2.85. The fourth-order valence-corrected chi connectivity index (χ4v) is 3.24. The first-order valence-corrected chi connectivity index (χ1v) is 8.61. The number of thiazole rings is 1. The molecule has 2 aromatic rings. The van der Waals surface area contributed by atoms with E-state index >= 15 is 0 Å². The van der Waals surface area contributed by atoms with E-state index in [9.17, 15) is 9.59 Å². The van der Waals surface area contributed by atoms with Crippen LogP contribution in [-0.4, -0.2) is 23.3 Å². The first-order valence-electron chi connectivity index (χ1n) is 7.80. The monoisotopic (exact) mass is 345 g/mol. The van der Waals surface area contributed by atoms with Crippen molar-refractivity contribution < 1.29 is 9.59 Å². The van der Waals surface area contributed by atoms with Gasteiger partial charge in [-0.2, -0.15) is 0 Å². The van der Waals surface area contributed by atoms with E-state index in [1.807, 2.05) is 46.8 Å². The number of hydrogen-bond acceptors (Lipinski definition) is 4. The lowest BCUT2D eigenvalue weighted by Gasteiger charge is -2.24. The van der Waals surface area contributed by atoms with Crippen molar-refractivity contribution in [3.63, 3.8) is 0 Å². The highest BCUT2D eigenvalue weighted by atomic mass is 32.1. The molecule has 2 N–H and O–H groups in total. The number of aromatic nitrogens is 1. The molecule has 0 radical (unpaired) electrons. The third-order valence-corrected chi connectivity index (χ3v) is 5.21. The van der Waals surface area contributed by atoms with Crippen molar-refractivity contribution in [3.8, 4) is 0 Å². The number of nitrogens with zero attached hydrogens (tertiary/aromatic N) is 1. The fraction of sp³-hybridized carbons (Fsp3) is 0.389. The summed E-state index contributed by atoms with van der Waals surface area (Å²) in [6, 6.07) is 7.29. The Morgan fingerprint density at radius 1 is 1.17 bits per heavy atom. The van der Waals surface area contributed by atoms with Gasteiger partial charge in [0.1, 0.15) is 5.01 Å². The van der Waals surface area contributed by atoms with Gasteiger partial charge in [0.15, 0.2) is 0 Å². The van der Waals surface area contributed by atoms with E-state index in [4.69, 9.17) is 0 Å². The Morgan fingerprint density at radius 3 is 2.42 bits per heavy atom. The smallest absolute Gasteiger partial charge is 0.251 e. The molecular formula is C18H23N3O2S. The van der Waals surface area contributed by atoms with Crippen molar-refractivity contribution >= 4 is 23.2 Å². The molecule has 0 atom stereocenters. The summed E-state index contributed by atoms with van der Waals surface area (Å²) >= 11 is 1.57. The van der Waals surface area contributed by atoms with Gasteiger partial charge in [0, 0.05) is 10.4 Å². The second kappa shape index (κ2) is 7.13. The molecule has 0 saturated carbocycles. The molecule has 0 aliphatic rings. The highest BCUT2D eigenvalue weighted by Crippen LogP contribution is 2.27. The normalized spacial score (nSPS) is 11.2. The van der Waals surface area contributed by atoms with Crippen LogP contribution in [0.1, 0.15) is 45.3 Å². The number of benzene rings is 1. The van der Waals surface area contributed by atoms with Crippen LogP contribution in [-0.2, 0) is 10.3 Å². The number of rotatable bonds is 5. The minimum atomic E-state index is -0.575. The minimum Gasteiger partial charge on any atom is -0.343 e. The zero-order valence-corrected chi connectivity index (χ0v) is 15.5. The van der Waals surface area contributed by atoms with Gasteiger partial charge in [0.25, 0.3) is 5.91 Å². The molecule has 6 heteroatoms. The highest BCUT2D eigenvalue weighted by Gasteiger charge is 2.27. The molecule has 0 aliphatic heterocycles. The number of carbonyl (C=O) groups excluding carboxylic acids is 2. The van der Waals surface area contributed by atoms with Crippen LogP contribution in [0.5, 0.6) is 0 Å². The molecule has 1 heterocycles. The van der Waals surface area contributed by atoms with E-state index in [0.717, 1.165) is 21.1 Å². The lowest BCUT2D eigenvalue weighted by Crippen LogP contribution is -2.46. The van der Waals surface area contributed by atoms with Gasteiger partial charge in [-0.15, -0.1) is 11.3 Å². The van der Waals surface area contributed by atoms with E-state index in [-0.39, 0.29) is 18.4 Å². The molecule has 2 rings (SSSR count). The number of aryl methyl sites for hydroxylation is 3. The Hall–Kier alpha value is -2.21. The van der Waals surface area contributed by atoms with Crippen LogP contribution in [0.3, 0.4) is 0 Å². The summed E-state index contributed by atoms with van der Waals surface area (Å²) in [5, 5.41) is 6.45. The van der Waals surface area contributed by atoms with Crippen molar-refractivity contribution in [1.82, 2.24) is 15.6 Å². The number of nitrogens with one attached hydrogen (secondary N) is 2. The molecule has 1 aromatic carbocycles. The third-order valence-electron chi connectivity index (χ3n) is 3.81. The van der Waals surface area contributed by atoms with E-state index in [0.29, 0.717) is 5.56 Å². The number of amides is 2. The summed E-state index contributed by atoms with van der Waals surface area (Å²) in [6.45, 7) is 9.58. The minimum absolute atomic E-state index is 0.0695. The molecule has 128 valence electrons. The molecule has 2 amide bonds. The van der Waals surface area contributed by atoms with Crippen LogP contribution in [0.15, 0.2) is 24.3 Å². The standard InChI is InChI=1S/C18H23N3O2S/c1-11-8-6-7-9-14(11)16(23)19-10-15(22)21-18(4,5)17-20-12(2)13(3)24-17/h6-9H,10H2,1-5H3,(H,19,23)(H,21,22). The number of carbonyl (C=O) groups is 2. The Labute approximate surface area is 146 Å². The van der Waals surface area contributed by atoms with Gasteiger partial charge in [-0.1, -0.05) is 18.2 Å². The second-order valence-corrected chi connectivity index (χ2v) is 7.53. The van der Waals surface area contributed by atoms with E-state index in [1.165, 1.54) is 0 Å². The van der Waals surface area contributed by atoms with E-state index in [1.54, 1.807) is 23.5 Å². The zero-order valence-electron chi connectivity index (χ0n) is 14.7. The van der Waals surface area contributed by atoms with Crippen LogP contribution >= 0.6 is 11.3 Å². The number of hydrogen-bond donors (Lipinski definition) is 2. The van der Waals surface area contributed by atoms with Gasteiger partial charge >= 0.3 is 0 Å². The predicted molar refractivity (Wildman–Crippen MR) is 96.3 cm³/mol. The molecule has 24 heavy (non-hydrogen) atoms. The molecule has 0 fully saturated rings. The first kappa shape index (κ1) is 18.1. The SMILES string of the molecule is Cc1ccccc1C(=O)NCC(=O)NC(C)(C)c1nc(C)c(C)s1. The second-order valence-electron chi connectivity index (χ2n) is 6.33. The van der Waals surface area contributed by atoms with Crippen LogP contribution in [0.25, 0.3) is 0 Å². The van der Waals surface area contributed by atoms with Gasteiger partial charge in [-0.3, -0.25) is 9.59 Å². The maximum atomic E-state index is 12.2. The van der Waals surface area contributed by atoms with Gasteiger partial charge in [-0.25, -0.2) is 4.98 Å². The average molecular weight is 345 g/mol. The largest absolute Gasteiger partial charge is 0.343 e. The van der Waals surface area contributed by atoms with Crippen molar-refractivity contribution in [2.75, 3.05) is 6.54 Å². The Kier molecular flexibility index (Phi) is 5.39. The summed E-state index contributed by atoms with van der Waals surface area (Å²) < 4.78 is 0. The quantitative estimate of drug-likeness (QED) is 0.875. The van der Waals surface area contributed by atoms with Crippen LogP contribution in [0.4, 0.5) is 0 Å². The van der Waals surface area contributed by atoms with Crippen molar-refractivity contribution in [2.45, 2.75) is 40.2 Å². The van der Waals surface area contributed by atoms with Crippen LogP contribution in [0.2, 0.25) is 0 Å². The van der Waals surface area contributed by atoms with Gasteiger partial charge in [-0.05, 0) is 46.2 Å². The Balaban J connectivity index is 1.95. The first-order chi connectivity index (χ1) is 11.2. The molecule has 0 unspecified atom stereocenters. The molecule has 1 aromatic heterocycles. The molecule has 5 nitrogen and oxygen atoms in total. The zero-order chi connectivity index (χ0) is 17.9. The van der Waals surface area contributed by atoms with Crippen molar-refractivity contribution in [3.05, 3.63) is 51.0 Å². The van der Waals surface area contributed by atoms with Crippen LogP contribution in [0, 0.1) is 20.8 Å². The third kappa shape index (κ3) is 4.20. The summed E-state index contributed by atoms with van der Waals surface area (Å²) in [4.78, 5) is 30.0. The fourth-order valence-electron chi connectivity index (χ4n) is 2.27. The molecular weight excluding hydrogens is 322 g/mol. The molecule has 0 bridgehead atoms. The Bertz CT molecular complexity index is 746. The lowest BCUT2D eigenvalue weighted by molar-refractivity contribution is -0.121. The molecule has 0 aliphatic carbocycles. The maximum Gasteiger partial charge on any atom is 0.251 e. The topological polar surface area (TPSA) is 71.1 Å². The van der Waals surface area contributed by atoms with E-state index in [2.05, 4.69) is 15.6 Å². The highest BCUT2D eigenvalue weighted by molar-refractivity contribution is 7.11. The summed E-state index contributed by atoms with van der Waals surface area (Å²) in [7, 11) is 0. The van der Waals surface area contributed by atoms with Gasteiger partial charge in [0.2, 0.25) is 5.91 Å². The lowest BCUT2D eigenvalue weighted by atomic mass is 10.1. The maximum absolute atomic E-state index is 12.2. The summed E-state index contributed by atoms with van der Waals surface area (Å²) in [6.07, 6.45) is 0. The van der Waals surface area contributed by atoms with E-state index < -0.39 is 5.54 Å². The van der Waals surface area contributed by atoms with Gasteiger partial charge < -0.3 is 10.6 Å². The molecule has 0 spiro atoms. The summed E-state index contributed by atoms with van der Waals surface area (Å²) in [5.41, 5.74) is 1.86. The van der Waals surface area contributed by atoms with Crippen molar-refractivity contribution in [1.29, 1.82) is 0 Å². The van der Waals surface area contributed by atoms with Crippen LogP contribution < -0.4 is 10.6 Å². The van der Waals surface area contributed by atoms with Gasteiger partial charge in [0.05, 0.1) is 17.8 Å². The molecule has 0 saturated heterocycles. The predicted octanol–water partition coefficient (Wildman–Crippen LogP) is 2.85. The summed E-state index contributed by atoms with van der Waals surface area (Å²) in [5.74, 6) is -0.491. The Morgan fingerprint density at radius 2 is 1.83 bits per heavy atom.